The summed E-state index contributed by atoms with van der Waals surface area (Å²) in [4.78, 5) is 24.6. The van der Waals surface area contributed by atoms with Crippen LogP contribution in [0, 0.1) is 5.92 Å². The molecule has 1 amide bonds. The number of cyclic esters (lactones) is 2. The van der Waals surface area contributed by atoms with Crippen molar-refractivity contribution in [2.24, 2.45) is 5.92 Å². The van der Waals surface area contributed by atoms with Crippen LogP contribution in [-0.2, 0) is 14.3 Å². The average Bonchev–Trinajstić information content (AvgIpc) is 2.29. The quantitative estimate of drug-likeness (QED) is 0.541. The first-order chi connectivity index (χ1) is 7.74. The second kappa shape index (κ2) is 4.80. The molecule has 2 atom stereocenters. The molecule has 0 aromatic heterocycles. The molecule has 2 unspecified atom stereocenters. The first-order valence-electron chi connectivity index (χ1n) is 5.48. The van der Waals surface area contributed by atoms with E-state index in [1.165, 1.54) is 4.90 Å². The molecule has 2 saturated heterocycles. The van der Waals surface area contributed by atoms with Gasteiger partial charge in [0.25, 0.3) is 0 Å². The third-order valence-corrected chi connectivity index (χ3v) is 3.02. The number of amides is 1. The molecule has 0 aromatic carbocycles. The van der Waals surface area contributed by atoms with E-state index in [-0.39, 0.29) is 12.1 Å². The maximum absolute atomic E-state index is 11.6. The Morgan fingerprint density at radius 2 is 2.38 bits per heavy atom. The van der Waals surface area contributed by atoms with E-state index in [2.05, 4.69) is 5.32 Å². The third-order valence-electron chi connectivity index (χ3n) is 3.02. The number of ether oxygens (including phenoxy) is 2. The van der Waals surface area contributed by atoms with Crippen LogP contribution < -0.4 is 5.32 Å². The van der Waals surface area contributed by atoms with Crippen molar-refractivity contribution in [2.75, 3.05) is 26.8 Å². The molecule has 16 heavy (non-hydrogen) atoms. The van der Waals surface area contributed by atoms with Crippen molar-refractivity contribution in [3.63, 3.8) is 0 Å². The number of rotatable bonds is 3. The largest absolute Gasteiger partial charge is 0.418 e. The summed E-state index contributed by atoms with van der Waals surface area (Å²) in [5.41, 5.74) is 0. The third kappa shape index (κ3) is 2.03. The van der Waals surface area contributed by atoms with Gasteiger partial charge in [0.15, 0.2) is 0 Å². The highest BCUT2D eigenvalue weighted by atomic mass is 16.6. The van der Waals surface area contributed by atoms with Crippen LogP contribution in [0.2, 0.25) is 0 Å². The maximum Gasteiger partial charge on any atom is 0.418 e. The fourth-order valence-corrected chi connectivity index (χ4v) is 2.20. The van der Waals surface area contributed by atoms with Gasteiger partial charge in [-0.05, 0) is 19.4 Å². The lowest BCUT2D eigenvalue weighted by Crippen LogP contribution is -2.62. The van der Waals surface area contributed by atoms with Gasteiger partial charge in [-0.3, -0.25) is 15.0 Å². The Bertz CT molecular complexity index is 295. The second-order valence-electron chi connectivity index (χ2n) is 4.02. The van der Waals surface area contributed by atoms with Crippen molar-refractivity contribution in [1.82, 2.24) is 10.2 Å². The first kappa shape index (κ1) is 11.3. The molecule has 0 saturated carbocycles. The summed E-state index contributed by atoms with van der Waals surface area (Å²) < 4.78 is 9.66. The topological polar surface area (TPSA) is 67.9 Å². The van der Waals surface area contributed by atoms with E-state index in [1.54, 1.807) is 7.11 Å². The molecule has 6 heteroatoms. The number of hydrogen-bond acceptors (Lipinski definition) is 5. The Labute approximate surface area is 93.9 Å². The van der Waals surface area contributed by atoms with Crippen molar-refractivity contribution in [2.45, 2.75) is 19.0 Å². The van der Waals surface area contributed by atoms with Crippen molar-refractivity contribution >= 4 is 12.1 Å². The van der Waals surface area contributed by atoms with Crippen LogP contribution in [0.15, 0.2) is 0 Å². The molecule has 2 heterocycles. The minimum atomic E-state index is -0.572. The van der Waals surface area contributed by atoms with E-state index < -0.39 is 12.1 Å². The number of nitrogens with one attached hydrogen (secondary N) is 1. The molecule has 6 nitrogen and oxygen atoms in total. The van der Waals surface area contributed by atoms with E-state index in [0.29, 0.717) is 13.2 Å². The van der Waals surface area contributed by atoms with Gasteiger partial charge in [0, 0.05) is 13.7 Å². The molecule has 0 aliphatic carbocycles. The minimum Gasteiger partial charge on any atom is -0.383 e. The molecule has 0 bridgehead atoms. The Kier molecular flexibility index (Phi) is 3.40. The van der Waals surface area contributed by atoms with Gasteiger partial charge in [0.2, 0.25) is 0 Å². The standard InChI is InChI=1S/C10H16N2O4/c1-15-6-5-12-8-7(3-2-4-11-8)9(13)16-10(12)14/h7-8,11H,2-6H2,1H3. The zero-order chi connectivity index (χ0) is 11.5. The summed E-state index contributed by atoms with van der Waals surface area (Å²) in [6.07, 6.45) is 0.908. The van der Waals surface area contributed by atoms with Crippen molar-refractivity contribution in [1.29, 1.82) is 0 Å². The molecular weight excluding hydrogens is 212 g/mol. The van der Waals surface area contributed by atoms with Crippen molar-refractivity contribution in [3.05, 3.63) is 0 Å². The first-order valence-corrected chi connectivity index (χ1v) is 5.48. The van der Waals surface area contributed by atoms with Crippen LogP contribution in [0.3, 0.4) is 0 Å². The number of fused-ring (bicyclic) bond motifs is 1. The zero-order valence-corrected chi connectivity index (χ0v) is 9.27. The lowest BCUT2D eigenvalue weighted by molar-refractivity contribution is -0.153. The Hall–Kier alpha value is -1.14. The number of hydrogen-bond donors (Lipinski definition) is 1. The fraction of sp³-hybridized carbons (Fsp3) is 0.800. The molecule has 2 aliphatic rings. The van der Waals surface area contributed by atoms with Crippen LogP contribution in [0.4, 0.5) is 4.79 Å². The minimum absolute atomic E-state index is 0.224. The van der Waals surface area contributed by atoms with Gasteiger partial charge in [0.05, 0.1) is 18.7 Å². The van der Waals surface area contributed by atoms with Crippen LogP contribution >= 0.6 is 0 Å². The van der Waals surface area contributed by atoms with Crippen LogP contribution in [0.5, 0.6) is 0 Å². The zero-order valence-electron chi connectivity index (χ0n) is 9.27. The smallest absolute Gasteiger partial charge is 0.383 e. The monoisotopic (exact) mass is 228 g/mol. The van der Waals surface area contributed by atoms with Crippen LogP contribution in [0.25, 0.3) is 0 Å². The van der Waals surface area contributed by atoms with Gasteiger partial charge in [0.1, 0.15) is 0 Å². The highest BCUT2D eigenvalue weighted by Gasteiger charge is 2.44. The van der Waals surface area contributed by atoms with Crippen molar-refractivity contribution < 1.29 is 19.1 Å². The molecule has 2 rings (SSSR count). The molecule has 0 aromatic rings. The van der Waals surface area contributed by atoms with E-state index in [4.69, 9.17) is 9.47 Å². The Morgan fingerprint density at radius 1 is 1.56 bits per heavy atom. The van der Waals surface area contributed by atoms with Gasteiger partial charge in [-0.25, -0.2) is 4.79 Å². The van der Waals surface area contributed by atoms with Crippen molar-refractivity contribution in [3.8, 4) is 0 Å². The fourth-order valence-electron chi connectivity index (χ4n) is 2.20. The highest BCUT2D eigenvalue weighted by Crippen LogP contribution is 2.25. The molecule has 0 radical (unpaired) electrons. The average molecular weight is 228 g/mol. The second-order valence-corrected chi connectivity index (χ2v) is 4.02. The predicted molar refractivity (Wildman–Crippen MR) is 54.6 cm³/mol. The SMILES string of the molecule is COCCN1C(=O)OC(=O)C2CCCNC21. The van der Waals surface area contributed by atoms with Gasteiger partial charge in [-0.1, -0.05) is 0 Å². The predicted octanol–water partition coefficient (Wildman–Crippen LogP) is -0.0627. The lowest BCUT2D eigenvalue weighted by atomic mass is 9.94. The number of carbonyl (C=O) groups is 2. The number of methoxy groups -OCH3 is 1. The molecule has 90 valence electrons. The number of piperidine rings is 1. The van der Waals surface area contributed by atoms with Crippen LogP contribution in [0.1, 0.15) is 12.8 Å². The number of carbonyl (C=O) groups excluding carboxylic acids is 2. The van der Waals surface area contributed by atoms with Crippen LogP contribution in [-0.4, -0.2) is 49.9 Å². The van der Waals surface area contributed by atoms with Gasteiger partial charge in [-0.15, -0.1) is 0 Å². The molecule has 2 fully saturated rings. The molecule has 1 N–H and O–H groups in total. The summed E-state index contributed by atoms with van der Waals surface area (Å²) >= 11 is 0. The number of esters is 1. The summed E-state index contributed by atoms with van der Waals surface area (Å²) in [5, 5.41) is 3.19. The molecule has 2 aliphatic heterocycles. The van der Waals surface area contributed by atoms with Gasteiger partial charge < -0.3 is 9.47 Å². The van der Waals surface area contributed by atoms with E-state index in [0.717, 1.165) is 19.4 Å². The maximum atomic E-state index is 11.6. The molecular formula is C10H16N2O4. The summed E-state index contributed by atoms with van der Waals surface area (Å²) in [5.74, 6) is -0.640. The van der Waals surface area contributed by atoms with E-state index in [9.17, 15) is 9.59 Å². The van der Waals surface area contributed by atoms with E-state index in [1.807, 2.05) is 0 Å². The normalized spacial score (nSPS) is 29.9. The Morgan fingerprint density at radius 3 is 3.12 bits per heavy atom. The highest BCUT2D eigenvalue weighted by molar-refractivity contribution is 5.89. The molecule has 0 spiro atoms. The lowest BCUT2D eigenvalue weighted by Gasteiger charge is -2.41. The van der Waals surface area contributed by atoms with Gasteiger partial charge >= 0.3 is 12.1 Å². The Balaban J connectivity index is 2.09. The summed E-state index contributed by atoms with van der Waals surface area (Å²) in [7, 11) is 1.58. The van der Waals surface area contributed by atoms with E-state index >= 15 is 0 Å². The number of nitrogens with zero attached hydrogens (tertiary/aromatic N) is 1. The van der Waals surface area contributed by atoms with Gasteiger partial charge in [-0.2, -0.15) is 0 Å². The summed E-state index contributed by atoms with van der Waals surface area (Å²) in [6.45, 7) is 1.70. The summed E-state index contributed by atoms with van der Waals surface area (Å²) in [6, 6.07) is 0.